The minimum absolute atomic E-state index is 0.232. The molecule has 0 radical (unpaired) electrons. The van der Waals surface area contributed by atoms with E-state index in [9.17, 15) is 0 Å². The molecule has 1 N–H and O–H groups in total. The number of rotatable bonds is 4. The molecule has 0 aliphatic rings. The molecule has 2 rings (SSSR count). The standard InChI is InChI=1S/C13H14BrN3/c1-10(13-4-2-3-5-16-13)17-8-11-6-12(14)9-15-7-11/h2-7,9-10,17H,8H2,1H3/t10-/m0/s1. The van der Waals surface area contributed by atoms with Gasteiger partial charge in [-0.15, -0.1) is 0 Å². The Hall–Kier alpha value is -1.26. The predicted molar refractivity (Wildman–Crippen MR) is 71.4 cm³/mol. The average molecular weight is 292 g/mol. The minimum atomic E-state index is 0.232. The van der Waals surface area contributed by atoms with Crippen LogP contribution in [0.4, 0.5) is 0 Å². The van der Waals surface area contributed by atoms with Gasteiger partial charge in [0.2, 0.25) is 0 Å². The van der Waals surface area contributed by atoms with Crippen molar-refractivity contribution in [3.63, 3.8) is 0 Å². The van der Waals surface area contributed by atoms with Crippen molar-refractivity contribution in [3.05, 3.63) is 58.6 Å². The zero-order chi connectivity index (χ0) is 12.1. The lowest BCUT2D eigenvalue weighted by Crippen LogP contribution is -2.19. The number of pyridine rings is 2. The molecule has 4 heteroatoms. The fourth-order valence-corrected chi connectivity index (χ4v) is 1.97. The fourth-order valence-electron chi connectivity index (χ4n) is 1.56. The van der Waals surface area contributed by atoms with Crippen LogP contribution in [-0.2, 0) is 6.54 Å². The van der Waals surface area contributed by atoms with Crippen molar-refractivity contribution in [2.75, 3.05) is 0 Å². The lowest BCUT2D eigenvalue weighted by atomic mass is 10.2. The Labute approximate surface area is 109 Å². The molecule has 0 amide bonds. The van der Waals surface area contributed by atoms with Gasteiger partial charge in [-0.25, -0.2) is 0 Å². The summed E-state index contributed by atoms with van der Waals surface area (Å²) in [5, 5.41) is 3.42. The topological polar surface area (TPSA) is 37.8 Å². The third-order valence-electron chi connectivity index (χ3n) is 2.51. The highest BCUT2D eigenvalue weighted by atomic mass is 79.9. The van der Waals surface area contributed by atoms with E-state index < -0.39 is 0 Å². The number of nitrogens with zero attached hydrogens (tertiary/aromatic N) is 2. The van der Waals surface area contributed by atoms with E-state index in [1.807, 2.05) is 30.6 Å². The van der Waals surface area contributed by atoms with Crippen molar-refractivity contribution < 1.29 is 0 Å². The molecule has 0 saturated carbocycles. The van der Waals surface area contributed by atoms with Gasteiger partial charge in [-0.1, -0.05) is 6.07 Å². The number of halogens is 1. The molecule has 0 aliphatic heterocycles. The summed E-state index contributed by atoms with van der Waals surface area (Å²) in [7, 11) is 0. The molecular weight excluding hydrogens is 278 g/mol. The molecule has 2 heterocycles. The van der Waals surface area contributed by atoms with Crippen molar-refractivity contribution >= 4 is 15.9 Å². The van der Waals surface area contributed by atoms with E-state index in [1.54, 1.807) is 6.20 Å². The van der Waals surface area contributed by atoms with Crippen LogP contribution in [0.25, 0.3) is 0 Å². The van der Waals surface area contributed by atoms with Crippen LogP contribution in [0.3, 0.4) is 0 Å². The van der Waals surface area contributed by atoms with Crippen molar-refractivity contribution in [3.8, 4) is 0 Å². The van der Waals surface area contributed by atoms with Crippen molar-refractivity contribution in [1.82, 2.24) is 15.3 Å². The van der Waals surface area contributed by atoms with Crippen LogP contribution in [-0.4, -0.2) is 9.97 Å². The lowest BCUT2D eigenvalue weighted by molar-refractivity contribution is 0.560. The lowest BCUT2D eigenvalue weighted by Gasteiger charge is -2.13. The summed E-state index contributed by atoms with van der Waals surface area (Å²) in [6.07, 6.45) is 5.46. The van der Waals surface area contributed by atoms with Gasteiger partial charge < -0.3 is 5.32 Å². The van der Waals surface area contributed by atoms with Gasteiger partial charge in [-0.2, -0.15) is 0 Å². The molecule has 88 valence electrons. The largest absolute Gasteiger partial charge is 0.305 e. The van der Waals surface area contributed by atoms with Gasteiger partial charge >= 0.3 is 0 Å². The van der Waals surface area contributed by atoms with Gasteiger partial charge in [0.15, 0.2) is 0 Å². The van der Waals surface area contributed by atoms with Gasteiger partial charge in [0.1, 0.15) is 0 Å². The number of aromatic nitrogens is 2. The van der Waals surface area contributed by atoms with Crippen LogP contribution < -0.4 is 5.32 Å². The Balaban J connectivity index is 1.95. The zero-order valence-corrected chi connectivity index (χ0v) is 11.2. The molecule has 0 spiro atoms. The van der Waals surface area contributed by atoms with Crippen LogP contribution in [0.1, 0.15) is 24.2 Å². The first-order valence-electron chi connectivity index (χ1n) is 5.49. The highest BCUT2D eigenvalue weighted by Gasteiger charge is 2.05. The van der Waals surface area contributed by atoms with Crippen molar-refractivity contribution in [1.29, 1.82) is 0 Å². The summed E-state index contributed by atoms with van der Waals surface area (Å²) < 4.78 is 1.00. The Morgan fingerprint density at radius 3 is 2.94 bits per heavy atom. The fraction of sp³-hybridized carbons (Fsp3) is 0.231. The second-order valence-corrected chi connectivity index (χ2v) is 4.78. The maximum absolute atomic E-state index is 4.32. The van der Waals surface area contributed by atoms with E-state index in [0.717, 1.165) is 22.3 Å². The second kappa shape index (κ2) is 5.89. The normalized spacial score (nSPS) is 12.4. The maximum atomic E-state index is 4.32. The number of hydrogen-bond donors (Lipinski definition) is 1. The van der Waals surface area contributed by atoms with E-state index in [1.165, 1.54) is 0 Å². The Morgan fingerprint density at radius 2 is 2.24 bits per heavy atom. The van der Waals surface area contributed by atoms with Crippen molar-refractivity contribution in [2.24, 2.45) is 0 Å². The molecule has 0 unspecified atom stereocenters. The molecule has 1 atom stereocenters. The molecule has 0 aromatic carbocycles. The van der Waals surface area contributed by atoms with E-state index in [-0.39, 0.29) is 6.04 Å². The summed E-state index contributed by atoms with van der Waals surface area (Å²) in [4.78, 5) is 8.45. The van der Waals surface area contributed by atoms with E-state index in [0.29, 0.717) is 0 Å². The maximum Gasteiger partial charge on any atom is 0.0570 e. The smallest absolute Gasteiger partial charge is 0.0570 e. The van der Waals surface area contributed by atoms with Crippen LogP contribution in [0.5, 0.6) is 0 Å². The van der Waals surface area contributed by atoms with E-state index >= 15 is 0 Å². The highest BCUT2D eigenvalue weighted by molar-refractivity contribution is 9.10. The zero-order valence-electron chi connectivity index (χ0n) is 9.60. The SMILES string of the molecule is C[C@H](NCc1cncc(Br)c1)c1ccccn1. The van der Waals surface area contributed by atoms with Crippen LogP contribution in [0, 0.1) is 0 Å². The molecule has 17 heavy (non-hydrogen) atoms. The first-order chi connectivity index (χ1) is 8.25. The van der Waals surface area contributed by atoms with Gasteiger partial charge in [0.05, 0.1) is 5.69 Å². The minimum Gasteiger partial charge on any atom is -0.305 e. The molecule has 0 fully saturated rings. The molecule has 0 bridgehead atoms. The summed E-state index contributed by atoms with van der Waals surface area (Å²) in [6, 6.07) is 8.24. The molecule has 2 aromatic rings. The summed E-state index contributed by atoms with van der Waals surface area (Å²) >= 11 is 3.41. The molecular formula is C13H14BrN3. The first kappa shape index (κ1) is 12.2. The van der Waals surface area contributed by atoms with Gasteiger partial charge in [-0.3, -0.25) is 9.97 Å². The average Bonchev–Trinajstić information content (AvgIpc) is 2.37. The quantitative estimate of drug-likeness (QED) is 0.941. The number of nitrogens with one attached hydrogen (secondary N) is 1. The third-order valence-corrected chi connectivity index (χ3v) is 2.94. The van der Waals surface area contributed by atoms with Gasteiger partial charge in [0.25, 0.3) is 0 Å². The predicted octanol–water partition coefficient (Wildman–Crippen LogP) is 3.09. The number of hydrogen-bond acceptors (Lipinski definition) is 3. The van der Waals surface area contributed by atoms with E-state index in [4.69, 9.17) is 0 Å². The monoisotopic (exact) mass is 291 g/mol. The molecule has 2 aromatic heterocycles. The summed E-state index contributed by atoms with van der Waals surface area (Å²) in [5.74, 6) is 0. The summed E-state index contributed by atoms with van der Waals surface area (Å²) in [6.45, 7) is 2.89. The first-order valence-corrected chi connectivity index (χ1v) is 6.29. The molecule has 0 saturated heterocycles. The Kier molecular flexibility index (Phi) is 4.23. The Bertz CT molecular complexity index is 473. The summed E-state index contributed by atoms with van der Waals surface area (Å²) in [5.41, 5.74) is 2.21. The van der Waals surface area contributed by atoms with Crippen molar-refractivity contribution in [2.45, 2.75) is 19.5 Å². The molecule has 0 aliphatic carbocycles. The van der Waals surface area contributed by atoms with Crippen LogP contribution in [0.2, 0.25) is 0 Å². The van der Waals surface area contributed by atoms with Crippen LogP contribution >= 0.6 is 15.9 Å². The third kappa shape index (κ3) is 3.61. The Morgan fingerprint density at radius 1 is 1.35 bits per heavy atom. The van der Waals surface area contributed by atoms with Crippen LogP contribution in [0.15, 0.2) is 47.3 Å². The van der Waals surface area contributed by atoms with Gasteiger partial charge in [-0.05, 0) is 46.6 Å². The van der Waals surface area contributed by atoms with Gasteiger partial charge in [0, 0.05) is 35.6 Å². The van der Waals surface area contributed by atoms with E-state index in [2.05, 4.69) is 44.2 Å². The second-order valence-electron chi connectivity index (χ2n) is 3.87. The molecule has 3 nitrogen and oxygen atoms in total. The highest BCUT2D eigenvalue weighted by Crippen LogP contribution is 2.12.